The molecule has 2 heterocycles. The molecule has 9 heteroatoms. The first-order chi connectivity index (χ1) is 20.3. The fraction of sp³-hybridized carbons (Fsp3) is 0.333. The first-order valence-corrected chi connectivity index (χ1v) is 14.2. The average Bonchev–Trinajstić information content (AvgIpc) is 3.25. The monoisotopic (exact) mass is 567 g/mol. The Balaban J connectivity index is 1.38. The van der Waals surface area contributed by atoms with Gasteiger partial charge in [-0.1, -0.05) is 72.8 Å². The lowest BCUT2D eigenvalue weighted by Crippen LogP contribution is -2.59. The highest BCUT2D eigenvalue weighted by molar-refractivity contribution is 6.13. The summed E-state index contributed by atoms with van der Waals surface area (Å²) in [6.07, 6.45) is 0.905. The van der Waals surface area contributed by atoms with Crippen LogP contribution in [0.2, 0.25) is 0 Å². The summed E-state index contributed by atoms with van der Waals surface area (Å²) in [6, 6.07) is 25.3. The van der Waals surface area contributed by atoms with E-state index in [0.717, 1.165) is 22.4 Å². The number of carbonyl (C=O) groups is 3. The molecule has 218 valence electrons. The number of benzene rings is 3. The summed E-state index contributed by atoms with van der Waals surface area (Å²) >= 11 is 0. The van der Waals surface area contributed by atoms with Crippen LogP contribution >= 0.6 is 0 Å². The van der Waals surface area contributed by atoms with Crippen molar-refractivity contribution in [1.29, 1.82) is 0 Å². The third-order valence-electron chi connectivity index (χ3n) is 7.94. The predicted molar refractivity (Wildman–Crippen MR) is 160 cm³/mol. The normalized spacial score (nSPS) is 19.6. The van der Waals surface area contributed by atoms with Crippen molar-refractivity contribution in [2.24, 2.45) is 16.3 Å². The number of hydrazone groups is 1. The van der Waals surface area contributed by atoms with Gasteiger partial charge in [-0.3, -0.25) is 14.4 Å². The fourth-order valence-corrected chi connectivity index (χ4v) is 5.68. The van der Waals surface area contributed by atoms with Crippen molar-refractivity contribution in [3.8, 4) is 0 Å². The number of rotatable bonds is 10. The number of nitrogens with two attached hydrogens (primary N) is 1. The Labute approximate surface area is 246 Å². The topological polar surface area (TPSA) is 117 Å². The van der Waals surface area contributed by atoms with Crippen LogP contribution in [0.4, 0.5) is 0 Å². The van der Waals surface area contributed by atoms with Crippen LogP contribution in [0.25, 0.3) is 0 Å². The van der Waals surface area contributed by atoms with Crippen molar-refractivity contribution in [2.45, 2.75) is 38.5 Å². The molecule has 9 nitrogen and oxygen atoms in total. The summed E-state index contributed by atoms with van der Waals surface area (Å²) in [7, 11) is 1.66. The molecule has 0 saturated carbocycles. The smallest absolute Gasteiger partial charge is 0.256 e. The van der Waals surface area contributed by atoms with Crippen molar-refractivity contribution in [2.75, 3.05) is 26.7 Å². The van der Waals surface area contributed by atoms with E-state index >= 15 is 0 Å². The van der Waals surface area contributed by atoms with Crippen molar-refractivity contribution in [3.05, 3.63) is 107 Å². The Morgan fingerprint density at radius 1 is 1.02 bits per heavy atom. The van der Waals surface area contributed by atoms with E-state index in [2.05, 4.69) is 10.4 Å². The zero-order valence-electron chi connectivity index (χ0n) is 24.0. The zero-order chi connectivity index (χ0) is 29.7. The molecular weight excluding hydrogens is 530 g/mol. The Bertz CT molecular complexity index is 1460. The SMILES string of the molecule is CC(N)c1cccc(C(=O)NC(COCc2ccccc2)C(=O)N2CCC3=NN(C)C(=O)C3(Cc3ccccc3)C2)c1. The number of likely N-dealkylation sites (tertiary alicyclic amines) is 1. The van der Waals surface area contributed by atoms with Crippen LogP contribution in [0.15, 0.2) is 90.0 Å². The molecular formula is C33H37N5O4. The van der Waals surface area contributed by atoms with Gasteiger partial charge in [0.1, 0.15) is 11.5 Å². The Hall–Kier alpha value is -4.34. The fourth-order valence-electron chi connectivity index (χ4n) is 5.68. The number of hydrogen-bond donors (Lipinski definition) is 2. The van der Waals surface area contributed by atoms with Crippen molar-refractivity contribution in [1.82, 2.24) is 15.2 Å². The quantitative estimate of drug-likeness (QED) is 0.390. The van der Waals surface area contributed by atoms with Crippen LogP contribution in [-0.4, -0.2) is 66.1 Å². The van der Waals surface area contributed by atoms with Gasteiger partial charge in [-0.15, -0.1) is 0 Å². The standard InChI is InChI=1S/C33H37N5O4/c1-23(34)26-14-9-15-27(18-26)30(39)35-28(21-42-20-25-12-7-4-8-13-25)31(40)38-17-16-29-33(22-38,32(41)37(2)36-29)19-24-10-5-3-6-11-24/h3-15,18,23,28H,16-17,19-22,34H2,1-2H3,(H,35,39). The number of hydrogen-bond acceptors (Lipinski definition) is 6. The molecule has 0 spiro atoms. The Kier molecular flexibility index (Phi) is 8.80. The van der Waals surface area contributed by atoms with E-state index in [0.29, 0.717) is 31.6 Å². The second kappa shape index (κ2) is 12.7. The molecule has 1 fully saturated rings. The molecule has 0 aromatic heterocycles. The second-order valence-electron chi connectivity index (χ2n) is 11.1. The summed E-state index contributed by atoms with van der Waals surface area (Å²) in [5.41, 5.74) is 9.05. The summed E-state index contributed by atoms with van der Waals surface area (Å²) < 4.78 is 5.96. The zero-order valence-corrected chi connectivity index (χ0v) is 24.0. The lowest BCUT2D eigenvalue weighted by atomic mass is 9.73. The number of piperidine rings is 1. The molecule has 3 N–H and O–H groups in total. The van der Waals surface area contributed by atoms with Crippen LogP contribution in [-0.2, 0) is 27.4 Å². The van der Waals surface area contributed by atoms with Gasteiger partial charge in [0.25, 0.3) is 11.8 Å². The predicted octanol–water partition coefficient (Wildman–Crippen LogP) is 3.31. The number of nitrogens with zero attached hydrogens (tertiary/aromatic N) is 3. The lowest BCUT2D eigenvalue weighted by molar-refractivity contribution is -0.141. The minimum Gasteiger partial charge on any atom is -0.374 e. The number of carbonyl (C=O) groups excluding carboxylic acids is 3. The number of amides is 3. The van der Waals surface area contributed by atoms with E-state index in [9.17, 15) is 14.4 Å². The molecule has 3 unspecified atom stereocenters. The third kappa shape index (κ3) is 6.27. The number of fused-ring (bicyclic) bond motifs is 1. The highest BCUT2D eigenvalue weighted by Gasteiger charge is 2.53. The molecule has 2 aliphatic heterocycles. The first kappa shape index (κ1) is 29.2. The van der Waals surface area contributed by atoms with Crippen LogP contribution in [0, 0.1) is 5.41 Å². The van der Waals surface area contributed by atoms with E-state index < -0.39 is 17.4 Å². The Morgan fingerprint density at radius 2 is 1.71 bits per heavy atom. The minimum absolute atomic E-state index is 0.0244. The van der Waals surface area contributed by atoms with Crippen LogP contribution in [0.3, 0.4) is 0 Å². The summed E-state index contributed by atoms with van der Waals surface area (Å²) in [5.74, 6) is -0.824. The summed E-state index contributed by atoms with van der Waals surface area (Å²) in [6.45, 7) is 2.68. The summed E-state index contributed by atoms with van der Waals surface area (Å²) in [4.78, 5) is 42.7. The van der Waals surface area contributed by atoms with E-state index in [1.165, 1.54) is 5.01 Å². The maximum Gasteiger partial charge on any atom is 0.256 e. The first-order valence-electron chi connectivity index (χ1n) is 14.2. The van der Waals surface area contributed by atoms with Gasteiger partial charge in [0.2, 0.25) is 5.91 Å². The minimum atomic E-state index is -0.957. The van der Waals surface area contributed by atoms with Crippen LogP contribution < -0.4 is 11.1 Å². The van der Waals surface area contributed by atoms with Gasteiger partial charge >= 0.3 is 0 Å². The van der Waals surface area contributed by atoms with Crippen LogP contribution in [0.5, 0.6) is 0 Å². The largest absolute Gasteiger partial charge is 0.374 e. The molecule has 3 atom stereocenters. The van der Waals surface area contributed by atoms with Gasteiger partial charge < -0.3 is 20.7 Å². The van der Waals surface area contributed by atoms with Crippen molar-refractivity contribution >= 4 is 23.4 Å². The van der Waals surface area contributed by atoms with Crippen LogP contribution in [0.1, 0.15) is 46.4 Å². The number of ether oxygens (including phenoxy) is 1. The van der Waals surface area contributed by atoms with E-state index in [1.807, 2.05) is 73.7 Å². The van der Waals surface area contributed by atoms with Crippen molar-refractivity contribution < 1.29 is 19.1 Å². The van der Waals surface area contributed by atoms with E-state index in [1.54, 1.807) is 30.1 Å². The number of nitrogens with one attached hydrogen (secondary N) is 1. The molecule has 1 saturated heterocycles. The molecule has 3 aromatic carbocycles. The lowest BCUT2D eigenvalue weighted by Gasteiger charge is -2.40. The molecule has 2 aliphatic rings. The van der Waals surface area contributed by atoms with E-state index in [4.69, 9.17) is 10.5 Å². The Morgan fingerprint density at radius 3 is 2.40 bits per heavy atom. The van der Waals surface area contributed by atoms with Gasteiger partial charge in [0.15, 0.2) is 0 Å². The molecule has 0 aliphatic carbocycles. The average molecular weight is 568 g/mol. The highest BCUT2D eigenvalue weighted by atomic mass is 16.5. The van der Waals surface area contributed by atoms with Gasteiger partial charge in [-0.05, 0) is 42.2 Å². The third-order valence-corrected chi connectivity index (χ3v) is 7.94. The maximum atomic E-state index is 14.1. The van der Waals surface area contributed by atoms with Gasteiger partial charge in [0, 0.05) is 38.2 Å². The maximum absolute atomic E-state index is 14.1. The molecule has 3 aromatic rings. The van der Waals surface area contributed by atoms with Gasteiger partial charge in [0.05, 0.1) is 18.9 Å². The van der Waals surface area contributed by atoms with Crippen molar-refractivity contribution in [3.63, 3.8) is 0 Å². The molecule has 5 rings (SSSR count). The summed E-state index contributed by atoms with van der Waals surface area (Å²) in [5, 5.41) is 8.84. The molecule has 3 amide bonds. The van der Waals surface area contributed by atoms with Gasteiger partial charge in [-0.2, -0.15) is 5.10 Å². The second-order valence-corrected chi connectivity index (χ2v) is 11.1. The molecule has 0 bridgehead atoms. The van der Waals surface area contributed by atoms with Gasteiger partial charge in [-0.25, -0.2) is 5.01 Å². The van der Waals surface area contributed by atoms with E-state index in [-0.39, 0.29) is 31.0 Å². The molecule has 42 heavy (non-hydrogen) atoms. The highest BCUT2D eigenvalue weighted by Crippen LogP contribution is 2.38. The molecule has 0 radical (unpaired) electrons.